The Hall–Kier alpha value is -2.34. The first-order valence-electron chi connectivity index (χ1n) is 6.64. The van der Waals surface area contributed by atoms with E-state index in [1.165, 1.54) is 6.08 Å². The molecule has 1 N–H and O–H groups in total. The molecule has 1 amide bonds. The number of hydrogen-bond donors (Lipinski definition) is 1. The van der Waals surface area contributed by atoms with Crippen LogP contribution >= 0.6 is 0 Å². The molecule has 0 saturated carbocycles. The highest BCUT2D eigenvalue weighted by Gasteiger charge is 2.17. The third-order valence-electron chi connectivity index (χ3n) is 3.01. The van der Waals surface area contributed by atoms with Crippen molar-refractivity contribution >= 4 is 18.0 Å². The molecule has 0 radical (unpaired) electrons. The molecule has 1 fully saturated rings. The Labute approximate surface area is 122 Å². The fourth-order valence-corrected chi connectivity index (χ4v) is 1.90. The monoisotopic (exact) mass is 291 g/mol. The predicted molar refractivity (Wildman–Crippen MR) is 76.0 cm³/mol. The molecule has 1 aliphatic rings. The number of carboxylic acid groups (broad SMARTS) is 1. The molecule has 1 heterocycles. The average molecular weight is 291 g/mol. The molecule has 112 valence electrons. The van der Waals surface area contributed by atoms with Crippen LogP contribution in [0.1, 0.15) is 5.56 Å². The predicted octanol–water partition coefficient (Wildman–Crippen LogP) is 1.02. The number of benzene rings is 1. The van der Waals surface area contributed by atoms with Crippen molar-refractivity contribution in [2.45, 2.75) is 0 Å². The summed E-state index contributed by atoms with van der Waals surface area (Å²) >= 11 is 0. The van der Waals surface area contributed by atoms with Crippen molar-refractivity contribution in [3.8, 4) is 5.75 Å². The number of amides is 1. The first-order chi connectivity index (χ1) is 10.1. The van der Waals surface area contributed by atoms with Crippen LogP contribution in [0.25, 0.3) is 6.08 Å². The number of hydrogen-bond acceptors (Lipinski definition) is 4. The van der Waals surface area contributed by atoms with Gasteiger partial charge in [-0.3, -0.25) is 4.79 Å². The molecule has 1 saturated heterocycles. The molecular weight excluding hydrogens is 274 g/mol. The number of morpholine rings is 1. The van der Waals surface area contributed by atoms with Gasteiger partial charge in [-0.15, -0.1) is 0 Å². The summed E-state index contributed by atoms with van der Waals surface area (Å²) in [6.45, 7) is 2.25. The van der Waals surface area contributed by atoms with Gasteiger partial charge < -0.3 is 19.5 Å². The van der Waals surface area contributed by atoms with E-state index >= 15 is 0 Å². The van der Waals surface area contributed by atoms with Gasteiger partial charge in [0.05, 0.1) is 13.2 Å². The zero-order chi connectivity index (χ0) is 15.1. The minimum atomic E-state index is -0.981. The van der Waals surface area contributed by atoms with Crippen LogP contribution < -0.4 is 4.74 Å². The topological polar surface area (TPSA) is 76.1 Å². The zero-order valence-electron chi connectivity index (χ0n) is 11.5. The molecular formula is C15H17NO5. The molecule has 21 heavy (non-hydrogen) atoms. The van der Waals surface area contributed by atoms with Crippen LogP contribution in [-0.2, 0) is 14.3 Å². The quantitative estimate of drug-likeness (QED) is 0.792. The summed E-state index contributed by atoms with van der Waals surface area (Å²) in [6.07, 6.45) is 2.60. The summed E-state index contributed by atoms with van der Waals surface area (Å²) in [5, 5.41) is 8.54. The second-order valence-corrected chi connectivity index (χ2v) is 4.52. The van der Waals surface area contributed by atoms with Gasteiger partial charge in [0.1, 0.15) is 19.0 Å². The maximum Gasteiger partial charge on any atom is 0.328 e. The van der Waals surface area contributed by atoms with E-state index in [1.807, 2.05) is 0 Å². The van der Waals surface area contributed by atoms with Gasteiger partial charge in [-0.05, 0) is 23.8 Å². The van der Waals surface area contributed by atoms with Crippen LogP contribution in [0, 0.1) is 0 Å². The number of rotatable bonds is 6. The Morgan fingerprint density at radius 2 is 2.14 bits per heavy atom. The second kappa shape index (κ2) is 7.44. The first-order valence-corrected chi connectivity index (χ1v) is 6.64. The van der Waals surface area contributed by atoms with Crippen molar-refractivity contribution in [3.63, 3.8) is 0 Å². The highest BCUT2D eigenvalue weighted by Crippen LogP contribution is 2.13. The molecule has 2 rings (SSSR count). The van der Waals surface area contributed by atoms with E-state index in [0.29, 0.717) is 32.1 Å². The van der Waals surface area contributed by atoms with Gasteiger partial charge in [0, 0.05) is 12.6 Å². The Morgan fingerprint density at radius 1 is 1.38 bits per heavy atom. The van der Waals surface area contributed by atoms with E-state index in [9.17, 15) is 9.59 Å². The summed E-state index contributed by atoms with van der Waals surface area (Å²) in [5.74, 6) is -0.312. The van der Waals surface area contributed by atoms with Crippen LogP contribution in [0.3, 0.4) is 0 Å². The van der Waals surface area contributed by atoms with Gasteiger partial charge in [0.15, 0.2) is 0 Å². The van der Waals surface area contributed by atoms with Gasteiger partial charge >= 0.3 is 5.97 Å². The van der Waals surface area contributed by atoms with Crippen molar-refractivity contribution in [3.05, 3.63) is 35.9 Å². The number of aliphatic carboxylic acids is 1. The second-order valence-electron chi connectivity index (χ2n) is 4.52. The maximum atomic E-state index is 11.5. The molecule has 0 atom stereocenters. The lowest BCUT2D eigenvalue weighted by Crippen LogP contribution is -2.43. The van der Waals surface area contributed by atoms with Gasteiger partial charge in [0.2, 0.25) is 5.91 Å². The van der Waals surface area contributed by atoms with Crippen molar-refractivity contribution < 1.29 is 24.2 Å². The number of carboxylic acids is 1. The van der Waals surface area contributed by atoms with Crippen molar-refractivity contribution in [1.82, 2.24) is 4.90 Å². The van der Waals surface area contributed by atoms with Gasteiger partial charge in [0.25, 0.3) is 0 Å². The Kier molecular flexibility index (Phi) is 5.34. The third-order valence-corrected chi connectivity index (χ3v) is 3.01. The molecule has 1 aromatic rings. The fourth-order valence-electron chi connectivity index (χ4n) is 1.90. The number of ether oxygens (including phenoxy) is 2. The standard InChI is InChI=1S/C15H17NO5/c17-14-11-20-9-7-16(14)8-10-21-13-4-1-12(2-5-13)3-6-15(18)19/h1-6H,7-11H2,(H,18,19). The Morgan fingerprint density at radius 3 is 2.81 bits per heavy atom. The first kappa shape index (κ1) is 15.1. The van der Waals surface area contributed by atoms with Crippen LogP contribution in [0.2, 0.25) is 0 Å². The Bertz CT molecular complexity index is 523. The van der Waals surface area contributed by atoms with E-state index in [1.54, 1.807) is 29.2 Å². The molecule has 0 aromatic heterocycles. The van der Waals surface area contributed by atoms with Gasteiger partial charge in [-0.2, -0.15) is 0 Å². The van der Waals surface area contributed by atoms with Crippen LogP contribution in [-0.4, -0.2) is 54.8 Å². The molecule has 1 aromatic carbocycles. The number of carbonyl (C=O) groups is 2. The minimum Gasteiger partial charge on any atom is -0.492 e. The number of carbonyl (C=O) groups excluding carboxylic acids is 1. The molecule has 0 unspecified atom stereocenters. The summed E-state index contributed by atoms with van der Waals surface area (Å²) in [6, 6.07) is 7.08. The van der Waals surface area contributed by atoms with Crippen LogP contribution in [0.4, 0.5) is 0 Å². The van der Waals surface area contributed by atoms with Gasteiger partial charge in [-0.1, -0.05) is 12.1 Å². The summed E-state index contributed by atoms with van der Waals surface area (Å²) in [4.78, 5) is 23.6. The van der Waals surface area contributed by atoms with E-state index < -0.39 is 5.97 Å². The molecule has 0 bridgehead atoms. The average Bonchev–Trinajstić information content (AvgIpc) is 2.48. The van der Waals surface area contributed by atoms with Crippen LogP contribution in [0.15, 0.2) is 30.3 Å². The van der Waals surface area contributed by atoms with E-state index in [-0.39, 0.29) is 12.5 Å². The molecule has 1 aliphatic heterocycles. The van der Waals surface area contributed by atoms with Crippen molar-refractivity contribution in [2.24, 2.45) is 0 Å². The lowest BCUT2D eigenvalue weighted by Gasteiger charge is -2.26. The highest BCUT2D eigenvalue weighted by atomic mass is 16.5. The smallest absolute Gasteiger partial charge is 0.328 e. The number of nitrogens with zero attached hydrogens (tertiary/aromatic N) is 1. The Balaban J connectivity index is 1.78. The van der Waals surface area contributed by atoms with Crippen molar-refractivity contribution in [1.29, 1.82) is 0 Å². The van der Waals surface area contributed by atoms with Gasteiger partial charge in [-0.25, -0.2) is 4.79 Å². The summed E-state index contributed by atoms with van der Waals surface area (Å²) in [5.41, 5.74) is 0.785. The highest BCUT2D eigenvalue weighted by molar-refractivity contribution is 5.85. The summed E-state index contributed by atoms with van der Waals surface area (Å²) < 4.78 is 10.6. The SMILES string of the molecule is O=C(O)C=Cc1ccc(OCCN2CCOCC2=O)cc1. The molecule has 6 heteroatoms. The van der Waals surface area contributed by atoms with E-state index in [4.69, 9.17) is 14.6 Å². The summed E-state index contributed by atoms with van der Waals surface area (Å²) in [7, 11) is 0. The zero-order valence-corrected chi connectivity index (χ0v) is 11.5. The van der Waals surface area contributed by atoms with Crippen LogP contribution in [0.5, 0.6) is 5.75 Å². The van der Waals surface area contributed by atoms with E-state index in [0.717, 1.165) is 11.6 Å². The van der Waals surface area contributed by atoms with Crippen molar-refractivity contribution in [2.75, 3.05) is 32.9 Å². The largest absolute Gasteiger partial charge is 0.492 e. The third kappa shape index (κ3) is 4.92. The molecule has 6 nitrogen and oxygen atoms in total. The minimum absolute atomic E-state index is 0.0148. The maximum absolute atomic E-state index is 11.5. The van der Waals surface area contributed by atoms with E-state index in [2.05, 4.69) is 0 Å². The lowest BCUT2D eigenvalue weighted by molar-refractivity contribution is -0.143. The normalized spacial score (nSPS) is 15.4. The molecule has 0 aliphatic carbocycles. The lowest BCUT2D eigenvalue weighted by atomic mass is 10.2. The molecule has 0 spiro atoms. The fraction of sp³-hybridized carbons (Fsp3) is 0.333.